The Morgan fingerprint density at radius 1 is 1.04 bits per heavy atom. The zero-order valence-electron chi connectivity index (χ0n) is 16.1. The van der Waals surface area contributed by atoms with Crippen molar-refractivity contribution in [2.75, 3.05) is 11.9 Å². The van der Waals surface area contributed by atoms with Crippen molar-refractivity contribution in [3.63, 3.8) is 0 Å². The van der Waals surface area contributed by atoms with E-state index in [-0.39, 0.29) is 4.90 Å². The first kappa shape index (κ1) is 21.6. The molecule has 0 heterocycles. The van der Waals surface area contributed by atoms with Gasteiger partial charge in [-0.25, -0.2) is 8.42 Å². The number of hydrogen-bond donors (Lipinski definition) is 2. The Labute approximate surface area is 165 Å². The van der Waals surface area contributed by atoms with Gasteiger partial charge in [0.25, 0.3) is 5.91 Å². The van der Waals surface area contributed by atoms with Crippen molar-refractivity contribution in [2.45, 2.75) is 38.2 Å². The standard InChI is InChI=1S/C20H24N2O5S/c1-4-16-7-9-17(10-8-16)22-20(24)15(3)27-19(23)13-21-28(25,26)18-11-5-14(2)6-12-18/h5-12,15,21H,4,13H2,1-3H3,(H,22,24)/t15-/m0/s1. The molecule has 0 spiro atoms. The lowest BCUT2D eigenvalue weighted by Gasteiger charge is -2.14. The maximum Gasteiger partial charge on any atom is 0.321 e. The van der Waals surface area contributed by atoms with Gasteiger partial charge in [-0.1, -0.05) is 36.8 Å². The fourth-order valence-corrected chi connectivity index (χ4v) is 3.28. The number of nitrogens with one attached hydrogen (secondary N) is 2. The van der Waals surface area contributed by atoms with E-state index in [9.17, 15) is 18.0 Å². The van der Waals surface area contributed by atoms with Crippen LogP contribution in [0.4, 0.5) is 5.69 Å². The molecule has 0 aliphatic heterocycles. The third-order valence-electron chi connectivity index (χ3n) is 4.04. The topological polar surface area (TPSA) is 102 Å². The van der Waals surface area contributed by atoms with Gasteiger partial charge >= 0.3 is 5.97 Å². The van der Waals surface area contributed by atoms with Crippen LogP contribution in [0.1, 0.15) is 25.0 Å². The molecule has 2 rings (SSSR count). The van der Waals surface area contributed by atoms with E-state index in [0.29, 0.717) is 5.69 Å². The van der Waals surface area contributed by atoms with Crippen LogP contribution < -0.4 is 10.0 Å². The van der Waals surface area contributed by atoms with Gasteiger partial charge in [0.05, 0.1) is 4.90 Å². The summed E-state index contributed by atoms with van der Waals surface area (Å²) in [6.45, 7) is 4.72. The normalized spacial score (nSPS) is 12.2. The molecule has 2 aromatic rings. The van der Waals surface area contributed by atoms with Crippen LogP contribution >= 0.6 is 0 Å². The average Bonchev–Trinajstić information content (AvgIpc) is 2.67. The number of ether oxygens (including phenoxy) is 1. The largest absolute Gasteiger partial charge is 0.452 e. The summed E-state index contributed by atoms with van der Waals surface area (Å²) < 4.78 is 31.5. The first-order valence-corrected chi connectivity index (χ1v) is 10.3. The SMILES string of the molecule is CCc1ccc(NC(=O)[C@H](C)OC(=O)CNS(=O)(=O)c2ccc(C)cc2)cc1. The Kier molecular flexibility index (Phi) is 7.31. The van der Waals surface area contributed by atoms with Crippen molar-refractivity contribution in [1.29, 1.82) is 0 Å². The summed E-state index contributed by atoms with van der Waals surface area (Å²) >= 11 is 0. The molecule has 2 N–H and O–H groups in total. The number of carbonyl (C=O) groups is 2. The maximum atomic E-state index is 12.2. The Hall–Kier alpha value is -2.71. The zero-order chi connectivity index (χ0) is 20.7. The summed E-state index contributed by atoms with van der Waals surface area (Å²) in [6.07, 6.45) is -0.178. The van der Waals surface area contributed by atoms with Gasteiger partial charge in [0.1, 0.15) is 6.54 Å². The first-order valence-electron chi connectivity index (χ1n) is 8.87. The lowest BCUT2D eigenvalue weighted by molar-refractivity contribution is -0.151. The third-order valence-corrected chi connectivity index (χ3v) is 5.46. The molecule has 0 saturated carbocycles. The van der Waals surface area contributed by atoms with E-state index >= 15 is 0 Å². The summed E-state index contributed by atoms with van der Waals surface area (Å²) in [5, 5.41) is 2.65. The van der Waals surface area contributed by atoms with Gasteiger partial charge in [-0.15, -0.1) is 0 Å². The fourth-order valence-electron chi connectivity index (χ4n) is 2.31. The number of carbonyl (C=O) groups excluding carboxylic acids is 2. The molecule has 2 aromatic carbocycles. The maximum absolute atomic E-state index is 12.2. The number of anilines is 1. The second-order valence-electron chi connectivity index (χ2n) is 6.31. The summed E-state index contributed by atoms with van der Waals surface area (Å²) in [5.74, 6) is -1.35. The Morgan fingerprint density at radius 3 is 2.21 bits per heavy atom. The number of benzene rings is 2. The first-order chi connectivity index (χ1) is 13.2. The molecule has 0 saturated heterocycles. The molecular formula is C20H24N2O5S. The number of hydrogen-bond acceptors (Lipinski definition) is 5. The second kappa shape index (κ2) is 9.48. The number of amides is 1. The highest BCUT2D eigenvalue weighted by Gasteiger charge is 2.20. The summed E-state index contributed by atoms with van der Waals surface area (Å²) in [4.78, 5) is 24.1. The summed E-state index contributed by atoms with van der Waals surface area (Å²) in [7, 11) is -3.83. The fraction of sp³-hybridized carbons (Fsp3) is 0.300. The minimum atomic E-state index is -3.83. The van der Waals surface area contributed by atoms with Crippen LogP contribution in [-0.4, -0.2) is 32.9 Å². The Balaban J connectivity index is 1.85. The van der Waals surface area contributed by atoms with E-state index in [4.69, 9.17) is 4.74 Å². The lowest BCUT2D eigenvalue weighted by Crippen LogP contribution is -2.35. The molecule has 0 aliphatic rings. The number of sulfonamides is 1. The molecule has 1 amide bonds. The molecule has 0 radical (unpaired) electrons. The van der Waals surface area contributed by atoms with Crippen molar-refractivity contribution in [3.8, 4) is 0 Å². The highest BCUT2D eigenvalue weighted by molar-refractivity contribution is 7.89. The van der Waals surface area contributed by atoms with Crippen LogP contribution in [0, 0.1) is 6.92 Å². The van der Waals surface area contributed by atoms with Gasteiger partial charge in [0, 0.05) is 5.69 Å². The van der Waals surface area contributed by atoms with Crippen LogP contribution in [0.5, 0.6) is 0 Å². The molecule has 0 aliphatic carbocycles. The van der Waals surface area contributed by atoms with Crippen LogP contribution in [0.15, 0.2) is 53.4 Å². The van der Waals surface area contributed by atoms with Gasteiger partial charge in [-0.3, -0.25) is 9.59 Å². The Bertz CT molecular complexity index is 922. The predicted molar refractivity (Wildman–Crippen MR) is 106 cm³/mol. The number of esters is 1. The average molecular weight is 404 g/mol. The van der Waals surface area contributed by atoms with Crippen LogP contribution in [0.25, 0.3) is 0 Å². The van der Waals surface area contributed by atoms with Crippen LogP contribution in [0.2, 0.25) is 0 Å². The van der Waals surface area contributed by atoms with E-state index in [2.05, 4.69) is 10.0 Å². The summed E-state index contributed by atoms with van der Waals surface area (Å²) in [5.41, 5.74) is 2.64. The second-order valence-corrected chi connectivity index (χ2v) is 8.08. The molecule has 8 heteroatoms. The highest BCUT2D eigenvalue weighted by atomic mass is 32.2. The minimum absolute atomic E-state index is 0.0483. The van der Waals surface area contributed by atoms with Crippen molar-refractivity contribution >= 4 is 27.6 Å². The van der Waals surface area contributed by atoms with E-state index in [0.717, 1.165) is 17.5 Å². The molecule has 0 unspecified atom stereocenters. The summed E-state index contributed by atoms with van der Waals surface area (Å²) in [6, 6.07) is 13.5. The van der Waals surface area contributed by atoms with E-state index < -0.39 is 34.5 Å². The number of aryl methyl sites for hydroxylation is 2. The Morgan fingerprint density at radius 2 is 1.64 bits per heavy atom. The van der Waals surface area contributed by atoms with Crippen molar-refractivity contribution in [3.05, 3.63) is 59.7 Å². The molecule has 28 heavy (non-hydrogen) atoms. The molecule has 0 aromatic heterocycles. The van der Waals surface area contributed by atoms with E-state index in [1.807, 2.05) is 26.0 Å². The molecular weight excluding hydrogens is 380 g/mol. The van der Waals surface area contributed by atoms with Crippen molar-refractivity contribution < 1.29 is 22.7 Å². The molecule has 150 valence electrons. The van der Waals surface area contributed by atoms with Gasteiger partial charge in [-0.2, -0.15) is 4.72 Å². The van der Waals surface area contributed by atoms with Crippen LogP contribution in [0.3, 0.4) is 0 Å². The quantitative estimate of drug-likeness (QED) is 0.658. The minimum Gasteiger partial charge on any atom is -0.452 e. The molecule has 7 nitrogen and oxygen atoms in total. The molecule has 0 fully saturated rings. The smallest absolute Gasteiger partial charge is 0.321 e. The van der Waals surface area contributed by atoms with Gasteiger partial charge in [0.2, 0.25) is 10.0 Å². The van der Waals surface area contributed by atoms with E-state index in [1.54, 1.807) is 24.3 Å². The molecule has 0 bridgehead atoms. The monoisotopic (exact) mass is 404 g/mol. The highest BCUT2D eigenvalue weighted by Crippen LogP contribution is 2.11. The van der Waals surface area contributed by atoms with E-state index in [1.165, 1.54) is 19.1 Å². The van der Waals surface area contributed by atoms with Gasteiger partial charge in [0.15, 0.2) is 6.10 Å². The van der Waals surface area contributed by atoms with Gasteiger partial charge < -0.3 is 10.1 Å². The third kappa shape index (κ3) is 6.17. The zero-order valence-corrected chi connectivity index (χ0v) is 16.9. The predicted octanol–water partition coefficient (Wildman–Crippen LogP) is 2.41. The number of rotatable bonds is 8. The van der Waals surface area contributed by atoms with Crippen LogP contribution in [-0.2, 0) is 30.8 Å². The van der Waals surface area contributed by atoms with Crippen molar-refractivity contribution in [2.24, 2.45) is 0 Å². The lowest BCUT2D eigenvalue weighted by atomic mass is 10.1. The molecule has 1 atom stereocenters. The van der Waals surface area contributed by atoms with Crippen molar-refractivity contribution in [1.82, 2.24) is 4.72 Å². The van der Waals surface area contributed by atoms with Gasteiger partial charge in [-0.05, 0) is 50.1 Å².